The van der Waals surface area contributed by atoms with Crippen molar-refractivity contribution < 1.29 is 29.0 Å². The van der Waals surface area contributed by atoms with Crippen molar-refractivity contribution in [1.29, 1.82) is 0 Å². The molecule has 3 aromatic carbocycles. The Kier molecular flexibility index (Phi) is 7.00. The van der Waals surface area contributed by atoms with Gasteiger partial charge in [0.25, 0.3) is 5.91 Å². The number of hydrogen-bond donors (Lipinski definition) is 2. The van der Waals surface area contributed by atoms with E-state index in [4.69, 9.17) is 4.74 Å². The molecule has 7 heteroatoms. The number of esters is 1. The maximum atomic E-state index is 13.6. The van der Waals surface area contributed by atoms with E-state index in [1.54, 1.807) is 60.7 Å². The average Bonchev–Trinajstić information content (AvgIpc) is 2.93. The van der Waals surface area contributed by atoms with Crippen LogP contribution in [0.5, 0.6) is 5.75 Å². The number of aliphatic hydroxyl groups is 1. The van der Waals surface area contributed by atoms with Crippen molar-refractivity contribution in [2.75, 3.05) is 26.2 Å². The molecule has 0 saturated carbocycles. The Labute approximate surface area is 216 Å². The fourth-order valence-electron chi connectivity index (χ4n) is 5.73. The predicted octanol–water partition coefficient (Wildman–Crippen LogP) is 2.46. The van der Waals surface area contributed by atoms with Gasteiger partial charge >= 0.3 is 5.97 Å². The van der Waals surface area contributed by atoms with E-state index in [1.807, 2.05) is 12.1 Å². The van der Waals surface area contributed by atoms with Gasteiger partial charge in [-0.1, -0.05) is 84.9 Å². The number of carbonyl (C=O) groups excluding carboxylic acids is 2. The van der Waals surface area contributed by atoms with Crippen LogP contribution in [0.15, 0.2) is 84.9 Å². The molecule has 3 saturated heterocycles. The van der Waals surface area contributed by atoms with Gasteiger partial charge in [0.1, 0.15) is 6.54 Å². The Balaban J connectivity index is 1.28. The Morgan fingerprint density at radius 3 is 2.05 bits per heavy atom. The lowest BCUT2D eigenvalue weighted by molar-refractivity contribution is -0.939. The first kappa shape index (κ1) is 25.0. The fraction of sp³-hybridized carbons (Fsp3) is 0.333. The molecule has 2 N–H and O–H groups in total. The van der Waals surface area contributed by atoms with Crippen molar-refractivity contribution in [3.63, 3.8) is 0 Å². The molecule has 3 aliphatic heterocycles. The number of benzene rings is 3. The molecule has 3 fully saturated rings. The molecule has 0 aliphatic carbocycles. The minimum Gasteiger partial charge on any atom is -0.872 e. The minimum absolute atomic E-state index is 0.0587. The topological polar surface area (TPSA) is 98.7 Å². The Morgan fingerprint density at radius 2 is 1.49 bits per heavy atom. The largest absolute Gasteiger partial charge is 0.872 e. The second kappa shape index (κ2) is 10.4. The second-order valence-corrected chi connectivity index (χ2v) is 10.3. The van der Waals surface area contributed by atoms with E-state index < -0.39 is 11.6 Å². The molecule has 1 unspecified atom stereocenters. The summed E-state index contributed by atoms with van der Waals surface area (Å²) in [6.45, 7) is 2.94. The van der Waals surface area contributed by atoms with Crippen LogP contribution < -0.4 is 10.4 Å². The van der Waals surface area contributed by atoms with E-state index in [1.165, 1.54) is 12.1 Å². The molecular formula is C30H32N2O5. The number of piperidine rings is 3. The number of quaternary nitrogens is 1. The highest BCUT2D eigenvalue weighted by Crippen LogP contribution is 2.38. The molecule has 0 aromatic heterocycles. The van der Waals surface area contributed by atoms with Crippen molar-refractivity contribution in [1.82, 2.24) is 5.32 Å². The average molecular weight is 501 g/mol. The third-order valence-electron chi connectivity index (χ3n) is 7.87. The van der Waals surface area contributed by atoms with Gasteiger partial charge in [-0.2, -0.15) is 0 Å². The molecule has 3 aromatic rings. The maximum Gasteiger partial charge on any atom is 0.348 e. The highest BCUT2D eigenvalue weighted by Gasteiger charge is 2.51. The predicted molar refractivity (Wildman–Crippen MR) is 136 cm³/mol. The van der Waals surface area contributed by atoms with Crippen LogP contribution in [0.3, 0.4) is 0 Å². The zero-order valence-electron chi connectivity index (χ0n) is 20.7. The number of rotatable bonds is 8. The summed E-state index contributed by atoms with van der Waals surface area (Å²) in [5, 5.41) is 26.0. The molecule has 7 nitrogen and oxygen atoms in total. The van der Waals surface area contributed by atoms with Gasteiger partial charge in [0.15, 0.2) is 12.6 Å². The molecule has 37 heavy (non-hydrogen) atoms. The highest BCUT2D eigenvalue weighted by molar-refractivity contribution is 5.85. The summed E-state index contributed by atoms with van der Waals surface area (Å²) in [5.74, 6) is -0.597. The molecule has 0 radical (unpaired) electrons. The number of hydrogen-bond acceptors (Lipinski definition) is 5. The quantitative estimate of drug-likeness (QED) is 0.366. The molecule has 2 bridgehead atoms. The van der Waals surface area contributed by atoms with Gasteiger partial charge in [-0.05, 0) is 16.7 Å². The monoisotopic (exact) mass is 500 g/mol. The van der Waals surface area contributed by atoms with Crippen LogP contribution in [0.1, 0.15) is 29.5 Å². The highest BCUT2D eigenvalue weighted by atomic mass is 16.6. The van der Waals surface area contributed by atoms with Crippen molar-refractivity contribution in [2.24, 2.45) is 5.92 Å². The van der Waals surface area contributed by atoms with Crippen molar-refractivity contribution >= 4 is 11.9 Å². The standard InChI is InChI=1S/C30H32N2O5/c33-26-13-11-22(12-14-26)19-31-28(34)21-32-17-15-23(16-18-32)27(20-32)37-29(35)30(36,24-7-3-1-4-8-24)25-9-5-2-6-10-25/h1-14,23,27,36H,15-21H2,(H-,31,33,34). The van der Waals surface area contributed by atoms with Crippen LogP contribution in [0.25, 0.3) is 0 Å². The third-order valence-corrected chi connectivity index (χ3v) is 7.87. The second-order valence-electron chi connectivity index (χ2n) is 10.3. The molecule has 3 heterocycles. The zero-order chi connectivity index (χ0) is 25.9. The van der Waals surface area contributed by atoms with Crippen molar-refractivity contribution in [3.8, 4) is 5.75 Å². The molecule has 0 spiro atoms. The van der Waals surface area contributed by atoms with Crippen molar-refractivity contribution in [2.45, 2.75) is 31.1 Å². The summed E-state index contributed by atoms with van der Waals surface area (Å²) in [7, 11) is 0. The lowest BCUT2D eigenvalue weighted by Gasteiger charge is -2.51. The van der Waals surface area contributed by atoms with E-state index >= 15 is 0 Å². The molecule has 1 atom stereocenters. The van der Waals surface area contributed by atoms with E-state index in [9.17, 15) is 19.8 Å². The normalized spacial score (nSPS) is 22.8. The van der Waals surface area contributed by atoms with Crippen LogP contribution >= 0.6 is 0 Å². The van der Waals surface area contributed by atoms with Gasteiger partial charge in [-0.3, -0.25) is 4.79 Å². The SMILES string of the molecule is O=C(C[N+]12CCC(CC1)C(OC(=O)C(O)(c1ccccc1)c1ccccc1)C2)NCc1ccc([O-])cc1. The summed E-state index contributed by atoms with van der Waals surface area (Å²) in [4.78, 5) is 26.5. The van der Waals surface area contributed by atoms with Gasteiger partial charge in [0.05, 0.1) is 13.1 Å². The summed E-state index contributed by atoms with van der Waals surface area (Å²) in [6, 6.07) is 24.2. The molecule has 192 valence electrons. The Morgan fingerprint density at radius 1 is 0.919 bits per heavy atom. The van der Waals surface area contributed by atoms with Crippen LogP contribution in [0.2, 0.25) is 0 Å². The van der Waals surface area contributed by atoms with Gasteiger partial charge in [-0.15, -0.1) is 5.75 Å². The van der Waals surface area contributed by atoms with E-state index in [0.29, 0.717) is 35.2 Å². The van der Waals surface area contributed by atoms with E-state index in [0.717, 1.165) is 31.5 Å². The first-order valence-electron chi connectivity index (χ1n) is 12.8. The molecule has 3 aliphatic rings. The van der Waals surface area contributed by atoms with Crippen LogP contribution in [0, 0.1) is 5.92 Å². The smallest absolute Gasteiger partial charge is 0.348 e. The van der Waals surface area contributed by atoms with Crippen molar-refractivity contribution in [3.05, 3.63) is 102 Å². The van der Waals surface area contributed by atoms with Gasteiger partial charge < -0.3 is 24.7 Å². The van der Waals surface area contributed by atoms with E-state index in [2.05, 4.69) is 5.32 Å². The van der Waals surface area contributed by atoms with Gasteiger partial charge in [-0.25, -0.2) is 4.79 Å². The van der Waals surface area contributed by atoms with E-state index in [-0.39, 0.29) is 23.7 Å². The summed E-state index contributed by atoms with van der Waals surface area (Å²) >= 11 is 0. The third kappa shape index (κ3) is 5.24. The molecule has 1 amide bonds. The number of fused-ring (bicyclic) bond motifs is 3. The van der Waals surface area contributed by atoms with Gasteiger partial charge in [0.2, 0.25) is 5.60 Å². The zero-order valence-corrected chi connectivity index (χ0v) is 20.7. The first-order chi connectivity index (χ1) is 17.9. The Bertz CT molecular complexity index is 1180. The lowest BCUT2D eigenvalue weighted by Crippen LogP contribution is -2.66. The van der Waals surface area contributed by atoms with Gasteiger partial charge in [0, 0.05) is 25.3 Å². The summed E-state index contributed by atoms with van der Waals surface area (Å²) < 4.78 is 6.64. The molecule has 6 rings (SSSR count). The molecular weight excluding hydrogens is 468 g/mol. The minimum atomic E-state index is -1.92. The summed E-state index contributed by atoms with van der Waals surface area (Å²) in [6.07, 6.45) is 1.36. The number of ether oxygens (including phenoxy) is 1. The first-order valence-corrected chi connectivity index (χ1v) is 12.8. The Hall–Kier alpha value is -3.68. The number of carbonyl (C=O) groups is 2. The number of nitrogens with one attached hydrogen (secondary N) is 1. The number of nitrogens with zero attached hydrogens (tertiary/aromatic N) is 1. The lowest BCUT2D eigenvalue weighted by atomic mass is 9.82. The number of amides is 1. The van der Waals surface area contributed by atoms with Crippen LogP contribution in [-0.2, 0) is 26.5 Å². The maximum absolute atomic E-state index is 13.6. The summed E-state index contributed by atoms with van der Waals surface area (Å²) in [5.41, 5.74) is -0.129. The van der Waals surface area contributed by atoms with Crippen LogP contribution in [0.4, 0.5) is 0 Å². The fourth-order valence-corrected chi connectivity index (χ4v) is 5.73. The van der Waals surface area contributed by atoms with Crippen LogP contribution in [-0.4, -0.2) is 53.7 Å².